The van der Waals surface area contributed by atoms with Gasteiger partial charge in [0.05, 0.1) is 6.54 Å². The van der Waals surface area contributed by atoms with Gasteiger partial charge in [-0.2, -0.15) is 0 Å². The highest BCUT2D eigenvalue weighted by molar-refractivity contribution is 5.92. The standard InChI is InChI=1S/C20H26N6O3/c21-19(28)16-9-5-11-25(16)20(29)17-12-15(23-24-22)13-26(17)18(27)10-4-8-14-6-2-1-3-7-14/h1-3,6-7,15-17,22H,4-5,8-13H2,(H-,21,28)/p+1/t15-,16-,17-/m0/s1. The zero-order valence-corrected chi connectivity index (χ0v) is 16.4. The monoisotopic (exact) mass is 399 g/mol. The fraction of sp³-hybridized carbons (Fsp3) is 0.550. The van der Waals surface area contributed by atoms with E-state index in [1.807, 2.05) is 30.3 Å². The van der Waals surface area contributed by atoms with Crippen molar-refractivity contribution in [3.8, 4) is 0 Å². The Morgan fingerprint density at radius 2 is 1.93 bits per heavy atom. The Labute approximate surface area is 169 Å². The molecule has 2 heterocycles. The van der Waals surface area contributed by atoms with Crippen LogP contribution in [-0.2, 0) is 20.8 Å². The normalized spacial score (nSPS) is 23.7. The third-order valence-corrected chi connectivity index (χ3v) is 5.67. The van der Waals surface area contributed by atoms with Gasteiger partial charge in [-0.15, -0.1) is 0 Å². The minimum absolute atomic E-state index is 0.114. The molecule has 0 saturated carbocycles. The second-order valence-corrected chi connectivity index (χ2v) is 7.60. The maximum atomic E-state index is 13.1. The number of likely N-dealkylation sites (tertiary alicyclic amines) is 2. The van der Waals surface area contributed by atoms with Crippen LogP contribution in [0.4, 0.5) is 0 Å². The first-order chi connectivity index (χ1) is 14.0. The molecular formula is C20H27N6O3+. The van der Waals surface area contributed by atoms with Crippen molar-refractivity contribution in [2.75, 3.05) is 13.1 Å². The van der Waals surface area contributed by atoms with Crippen molar-refractivity contribution >= 4 is 17.7 Å². The molecular weight excluding hydrogens is 372 g/mol. The number of nitrogens with zero attached hydrogens (tertiary/aromatic N) is 4. The Balaban J connectivity index is 1.67. The summed E-state index contributed by atoms with van der Waals surface area (Å²) in [6.45, 7) is 0.724. The summed E-state index contributed by atoms with van der Waals surface area (Å²) < 4.78 is 0. The van der Waals surface area contributed by atoms with Crippen LogP contribution in [0.15, 0.2) is 35.4 Å². The Morgan fingerprint density at radius 3 is 2.62 bits per heavy atom. The summed E-state index contributed by atoms with van der Waals surface area (Å²) in [5, 5.41) is 3.83. The molecule has 29 heavy (non-hydrogen) atoms. The molecule has 154 valence electrons. The maximum Gasteiger partial charge on any atom is 0.246 e. The van der Waals surface area contributed by atoms with Crippen molar-refractivity contribution in [2.45, 2.75) is 56.7 Å². The van der Waals surface area contributed by atoms with Crippen molar-refractivity contribution in [3.05, 3.63) is 35.9 Å². The van der Waals surface area contributed by atoms with Gasteiger partial charge in [-0.25, -0.2) is 0 Å². The van der Waals surface area contributed by atoms with E-state index in [9.17, 15) is 14.4 Å². The number of nitrogens with one attached hydrogen (secondary N) is 1. The van der Waals surface area contributed by atoms with E-state index in [0.717, 1.165) is 12.0 Å². The predicted molar refractivity (Wildman–Crippen MR) is 104 cm³/mol. The molecule has 2 aliphatic heterocycles. The van der Waals surface area contributed by atoms with E-state index in [2.05, 4.69) is 10.0 Å². The zero-order valence-electron chi connectivity index (χ0n) is 16.4. The number of primary amides is 1. The minimum Gasteiger partial charge on any atom is -0.368 e. The van der Waals surface area contributed by atoms with Crippen molar-refractivity contribution < 1.29 is 14.4 Å². The summed E-state index contributed by atoms with van der Waals surface area (Å²) in [5.41, 5.74) is 13.6. The second kappa shape index (κ2) is 9.43. The van der Waals surface area contributed by atoms with E-state index >= 15 is 0 Å². The number of benzene rings is 1. The number of aryl methyl sites for hydroxylation is 1. The van der Waals surface area contributed by atoms with Gasteiger partial charge in [0.15, 0.2) is 6.04 Å². The molecule has 0 aromatic heterocycles. The molecule has 9 nitrogen and oxygen atoms in total. The van der Waals surface area contributed by atoms with Crippen molar-refractivity contribution in [1.82, 2.24) is 14.7 Å². The summed E-state index contributed by atoms with van der Waals surface area (Å²) in [6.07, 6.45) is 3.36. The van der Waals surface area contributed by atoms with Crippen LogP contribution in [-0.4, -0.2) is 58.7 Å². The topological polar surface area (TPSA) is 134 Å². The molecule has 0 aliphatic carbocycles. The number of hydrogen-bond acceptors (Lipinski definition) is 5. The van der Waals surface area contributed by atoms with Gasteiger partial charge < -0.3 is 15.5 Å². The smallest absolute Gasteiger partial charge is 0.246 e. The van der Waals surface area contributed by atoms with Gasteiger partial charge in [-0.05, 0) is 31.2 Å². The SMILES string of the molecule is N=[N+]=N[C@H]1C[C@@H](C(=O)N2CCC[C@H]2C(N)=O)N(C(=O)CCCc2ccccc2)C1. The lowest BCUT2D eigenvalue weighted by atomic mass is 10.1. The molecule has 2 saturated heterocycles. The number of amides is 3. The van der Waals surface area contributed by atoms with Gasteiger partial charge in [-0.1, -0.05) is 30.3 Å². The van der Waals surface area contributed by atoms with Gasteiger partial charge in [0.1, 0.15) is 22.7 Å². The summed E-state index contributed by atoms with van der Waals surface area (Å²) in [4.78, 5) is 43.8. The highest BCUT2D eigenvalue weighted by Gasteiger charge is 2.45. The third-order valence-electron chi connectivity index (χ3n) is 5.67. The molecule has 0 unspecified atom stereocenters. The van der Waals surface area contributed by atoms with Crippen molar-refractivity contribution in [1.29, 1.82) is 5.53 Å². The van der Waals surface area contributed by atoms with E-state index in [4.69, 9.17) is 11.3 Å². The van der Waals surface area contributed by atoms with Crippen LogP contribution in [0.2, 0.25) is 0 Å². The van der Waals surface area contributed by atoms with Crippen LogP contribution in [0.1, 0.15) is 37.7 Å². The van der Waals surface area contributed by atoms with Crippen molar-refractivity contribution in [3.63, 3.8) is 0 Å². The first-order valence-electron chi connectivity index (χ1n) is 10.0. The zero-order chi connectivity index (χ0) is 20.8. The van der Waals surface area contributed by atoms with E-state index in [1.165, 1.54) is 4.90 Å². The highest BCUT2D eigenvalue weighted by atomic mass is 16.2. The van der Waals surface area contributed by atoms with Gasteiger partial charge >= 0.3 is 0 Å². The van der Waals surface area contributed by atoms with Gasteiger partial charge in [0.2, 0.25) is 22.6 Å². The summed E-state index contributed by atoms with van der Waals surface area (Å²) in [5.74, 6) is -0.890. The maximum absolute atomic E-state index is 13.1. The van der Waals surface area contributed by atoms with Crippen LogP contribution in [0, 0.1) is 5.53 Å². The Kier molecular flexibility index (Phi) is 6.72. The molecule has 9 heteroatoms. The molecule has 3 rings (SSSR count). The molecule has 3 atom stereocenters. The van der Waals surface area contributed by atoms with Crippen LogP contribution in [0.25, 0.3) is 0 Å². The average molecular weight is 399 g/mol. The lowest BCUT2D eigenvalue weighted by Crippen LogP contribution is -2.52. The lowest BCUT2D eigenvalue weighted by Gasteiger charge is -2.30. The molecule has 1 aromatic carbocycles. The van der Waals surface area contributed by atoms with Crippen LogP contribution < -0.4 is 10.6 Å². The minimum atomic E-state index is -0.685. The molecule has 2 fully saturated rings. The van der Waals surface area contributed by atoms with Crippen LogP contribution >= 0.6 is 0 Å². The Morgan fingerprint density at radius 1 is 1.17 bits per heavy atom. The molecule has 0 bridgehead atoms. The first-order valence-corrected chi connectivity index (χ1v) is 10.0. The number of hydrogen-bond donors (Lipinski definition) is 2. The summed E-state index contributed by atoms with van der Waals surface area (Å²) in [6, 6.07) is 8.25. The van der Waals surface area contributed by atoms with E-state index in [-0.39, 0.29) is 24.4 Å². The van der Waals surface area contributed by atoms with Crippen LogP contribution in [0.5, 0.6) is 0 Å². The number of carbonyl (C=O) groups excluding carboxylic acids is 3. The molecule has 0 spiro atoms. The van der Waals surface area contributed by atoms with E-state index in [1.54, 1.807) is 4.90 Å². The quantitative estimate of drug-likeness (QED) is 0.523. The first kappa shape index (κ1) is 20.7. The molecule has 3 N–H and O–H groups in total. The third kappa shape index (κ3) is 4.86. The highest BCUT2D eigenvalue weighted by Crippen LogP contribution is 2.27. The van der Waals surface area contributed by atoms with Crippen molar-refractivity contribution in [2.24, 2.45) is 10.8 Å². The van der Waals surface area contributed by atoms with E-state index < -0.39 is 18.0 Å². The number of nitrogens with two attached hydrogens (primary N) is 1. The van der Waals surface area contributed by atoms with Gasteiger partial charge in [-0.3, -0.25) is 14.4 Å². The van der Waals surface area contributed by atoms with Gasteiger partial charge in [0, 0.05) is 19.4 Å². The number of rotatable bonds is 7. The average Bonchev–Trinajstić information content (AvgIpc) is 3.36. The molecule has 3 amide bonds. The Hall–Kier alpha value is -3.06. The lowest BCUT2D eigenvalue weighted by molar-refractivity contribution is -0.146. The molecule has 2 aliphatic rings. The Bertz CT molecular complexity index is 808. The van der Waals surface area contributed by atoms with E-state index in [0.29, 0.717) is 38.6 Å². The summed E-state index contributed by atoms with van der Waals surface area (Å²) in [7, 11) is 0. The fourth-order valence-electron chi connectivity index (χ4n) is 4.24. The second-order valence-electron chi connectivity index (χ2n) is 7.60. The summed E-state index contributed by atoms with van der Waals surface area (Å²) >= 11 is 0. The largest absolute Gasteiger partial charge is 0.368 e. The predicted octanol–water partition coefficient (Wildman–Crippen LogP) is 1.01. The molecule has 0 radical (unpaired) electrons. The number of carbonyl (C=O) groups is 3. The van der Waals surface area contributed by atoms with Crippen LogP contribution in [0.3, 0.4) is 0 Å². The fourth-order valence-corrected chi connectivity index (χ4v) is 4.24. The molecule has 1 aromatic rings. The van der Waals surface area contributed by atoms with Gasteiger partial charge in [0.25, 0.3) is 0 Å².